The van der Waals surface area contributed by atoms with E-state index in [9.17, 15) is 4.79 Å². The largest absolute Gasteiger partial charge is 0.376 e. The minimum absolute atomic E-state index is 0.0282. The fourth-order valence-corrected chi connectivity index (χ4v) is 3.37. The van der Waals surface area contributed by atoms with E-state index in [1.54, 1.807) is 7.11 Å². The lowest BCUT2D eigenvalue weighted by molar-refractivity contribution is -0.140. The Labute approximate surface area is 123 Å². The van der Waals surface area contributed by atoms with Crippen molar-refractivity contribution in [1.82, 2.24) is 10.2 Å². The van der Waals surface area contributed by atoms with Crippen LogP contribution in [0.15, 0.2) is 0 Å². The molecule has 4 nitrogen and oxygen atoms in total. The number of ether oxygens (including phenoxy) is 1. The number of nitrogens with zero attached hydrogens (tertiary/aromatic N) is 1. The van der Waals surface area contributed by atoms with Gasteiger partial charge < -0.3 is 9.64 Å². The Hall–Kier alpha value is -0.610. The summed E-state index contributed by atoms with van der Waals surface area (Å²) in [6.07, 6.45) is 8.97. The van der Waals surface area contributed by atoms with Crippen LogP contribution in [-0.2, 0) is 9.53 Å². The molecule has 116 valence electrons. The van der Waals surface area contributed by atoms with Gasteiger partial charge >= 0.3 is 0 Å². The van der Waals surface area contributed by atoms with Crippen molar-refractivity contribution < 1.29 is 9.53 Å². The van der Waals surface area contributed by atoms with Crippen LogP contribution in [0, 0.1) is 0 Å². The fourth-order valence-electron chi connectivity index (χ4n) is 3.37. The molecule has 1 aliphatic heterocycles. The number of rotatable bonds is 8. The molecular weight excluding hydrogens is 252 g/mol. The molecule has 1 saturated heterocycles. The van der Waals surface area contributed by atoms with Gasteiger partial charge in [-0.2, -0.15) is 0 Å². The molecule has 0 radical (unpaired) electrons. The Morgan fingerprint density at radius 2 is 2.05 bits per heavy atom. The maximum Gasteiger partial charge on any atom is 0.241 e. The van der Waals surface area contributed by atoms with Crippen molar-refractivity contribution in [1.29, 1.82) is 0 Å². The molecule has 1 saturated carbocycles. The molecule has 2 aliphatic rings. The third kappa shape index (κ3) is 3.17. The third-order valence-corrected chi connectivity index (χ3v) is 4.92. The van der Waals surface area contributed by atoms with Gasteiger partial charge in [-0.15, -0.1) is 0 Å². The van der Waals surface area contributed by atoms with Crippen molar-refractivity contribution in [3.63, 3.8) is 0 Å². The molecule has 0 spiro atoms. The summed E-state index contributed by atoms with van der Waals surface area (Å²) in [4.78, 5) is 14.7. The van der Waals surface area contributed by atoms with Gasteiger partial charge in [0.1, 0.15) is 0 Å². The predicted octanol–water partition coefficient (Wildman–Crippen LogP) is 2.67. The van der Waals surface area contributed by atoms with Gasteiger partial charge in [0.25, 0.3) is 0 Å². The Morgan fingerprint density at radius 1 is 1.30 bits per heavy atom. The molecule has 2 atom stereocenters. The van der Waals surface area contributed by atoms with Crippen LogP contribution in [0.4, 0.5) is 0 Å². The maximum absolute atomic E-state index is 12.6. The fraction of sp³-hybridized carbons (Fsp3) is 0.938. The summed E-state index contributed by atoms with van der Waals surface area (Å²) in [6.45, 7) is 5.12. The number of nitrogens with one attached hydrogen (secondary N) is 1. The lowest BCUT2D eigenvalue weighted by Crippen LogP contribution is -2.52. The van der Waals surface area contributed by atoms with Gasteiger partial charge in [-0.25, -0.2) is 0 Å². The highest BCUT2D eigenvalue weighted by atomic mass is 16.5. The summed E-state index contributed by atoms with van der Waals surface area (Å²) in [7, 11) is 1.79. The zero-order valence-electron chi connectivity index (χ0n) is 13.3. The van der Waals surface area contributed by atoms with Crippen molar-refractivity contribution in [3.05, 3.63) is 0 Å². The monoisotopic (exact) mass is 282 g/mol. The van der Waals surface area contributed by atoms with Crippen molar-refractivity contribution in [2.24, 2.45) is 0 Å². The molecule has 1 N–H and O–H groups in total. The maximum atomic E-state index is 12.6. The Bertz CT molecular complexity index is 323. The zero-order chi connectivity index (χ0) is 14.6. The molecule has 1 aliphatic carbocycles. The van der Waals surface area contributed by atoms with E-state index in [1.165, 1.54) is 6.42 Å². The molecule has 4 heteroatoms. The van der Waals surface area contributed by atoms with Crippen LogP contribution < -0.4 is 5.32 Å². The van der Waals surface area contributed by atoms with Crippen molar-refractivity contribution >= 4 is 5.91 Å². The van der Waals surface area contributed by atoms with Crippen molar-refractivity contribution in [2.75, 3.05) is 13.7 Å². The molecule has 1 amide bonds. The first kappa shape index (κ1) is 15.8. The number of carbonyl (C=O) groups is 1. The van der Waals surface area contributed by atoms with Crippen molar-refractivity contribution in [3.8, 4) is 0 Å². The minimum Gasteiger partial charge on any atom is -0.376 e. The Balaban J connectivity index is 2.01. The third-order valence-electron chi connectivity index (χ3n) is 4.92. The van der Waals surface area contributed by atoms with E-state index in [0.717, 1.165) is 51.5 Å². The molecule has 20 heavy (non-hydrogen) atoms. The second-order valence-electron chi connectivity index (χ2n) is 6.37. The van der Waals surface area contributed by atoms with E-state index in [-0.39, 0.29) is 17.8 Å². The van der Waals surface area contributed by atoms with Gasteiger partial charge in [-0.1, -0.05) is 33.1 Å². The quantitative estimate of drug-likeness (QED) is 0.744. The standard InChI is InChI=1S/C16H30N2O2/c1-4-6-9-13-15(19)18(14(17-13)8-5-2)12-16(20-3)10-7-11-16/h13-14,17H,4-12H2,1-3H3. The Morgan fingerprint density at radius 3 is 2.55 bits per heavy atom. The highest BCUT2D eigenvalue weighted by Gasteiger charge is 2.45. The van der Waals surface area contributed by atoms with Gasteiger partial charge in [0.05, 0.1) is 24.4 Å². The van der Waals surface area contributed by atoms with E-state index in [0.29, 0.717) is 5.91 Å². The highest BCUT2D eigenvalue weighted by Crippen LogP contribution is 2.37. The van der Waals surface area contributed by atoms with Gasteiger partial charge in [-0.3, -0.25) is 10.1 Å². The van der Waals surface area contributed by atoms with Gasteiger partial charge in [0.15, 0.2) is 0 Å². The van der Waals surface area contributed by atoms with E-state index >= 15 is 0 Å². The molecule has 0 aromatic carbocycles. The highest BCUT2D eigenvalue weighted by molar-refractivity contribution is 5.84. The number of hydrogen-bond acceptors (Lipinski definition) is 3. The van der Waals surface area contributed by atoms with Gasteiger partial charge in [-0.05, 0) is 32.1 Å². The van der Waals surface area contributed by atoms with Gasteiger partial charge in [0, 0.05) is 7.11 Å². The van der Waals surface area contributed by atoms with Crippen LogP contribution >= 0.6 is 0 Å². The normalized spacial score (nSPS) is 28.8. The van der Waals surface area contributed by atoms with Crippen LogP contribution in [0.3, 0.4) is 0 Å². The zero-order valence-corrected chi connectivity index (χ0v) is 13.3. The van der Waals surface area contributed by atoms with E-state index in [4.69, 9.17) is 4.74 Å². The lowest BCUT2D eigenvalue weighted by Gasteiger charge is -2.44. The van der Waals surface area contributed by atoms with Crippen LogP contribution in [0.2, 0.25) is 0 Å². The second-order valence-corrected chi connectivity index (χ2v) is 6.37. The molecule has 0 aromatic heterocycles. The van der Waals surface area contributed by atoms with Crippen LogP contribution in [0.25, 0.3) is 0 Å². The molecule has 0 bridgehead atoms. The summed E-state index contributed by atoms with van der Waals surface area (Å²) >= 11 is 0. The first-order chi connectivity index (χ1) is 9.65. The number of unbranched alkanes of at least 4 members (excludes halogenated alkanes) is 1. The van der Waals surface area contributed by atoms with E-state index < -0.39 is 0 Å². The van der Waals surface area contributed by atoms with Gasteiger partial charge in [0.2, 0.25) is 5.91 Å². The smallest absolute Gasteiger partial charge is 0.241 e. The van der Waals surface area contributed by atoms with E-state index in [1.807, 2.05) is 0 Å². The SMILES string of the molecule is CCCCC1NC(CCC)N(CC2(OC)CCC2)C1=O. The van der Waals surface area contributed by atoms with Crippen LogP contribution in [0.5, 0.6) is 0 Å². The summed E-state index contributed by atoms with van der Waals surface area (Å²) in [5, 5.41) is 3.54. The predicted molar refractivity (Wildman–Crippen MR) is 80.4 cm³/mol. The lowest BCUT2D eigenvalue weighted by atomic mass is 9.79. The molecule has 0 aromatic rings. The number of hydrogen-bond donors (Lipinski definition) is 1. The van der Waals surface area contributed by atoms with Crippen LogP contribution in [-0.4, -0.2) is 42.3 Å². The summed E-state index contributed by atoms with van der Waals surface area (Å²) < 4.78 is 5.71. The van der Waals surface area contributed by atoms with E-state index in [2.05, 4.69) is 24.1 Å². The number of carbonyl (C=O) groups excluding carboxylic acids is 1. The first-order valence-corrected chi connectivity index (χ1v) is 8.27. The Kier molecular flexibility index (Phi) is 5.44. The first-order valence-electron chi connectivity index (χ1n) is 8.27. The van der Waals surface area contributed by atoms with Crippen molar-refractivity contribution in [2.45, 2.75) is 83.0 Å². The average Bonchev–Trinajstić information content (AvgIpc) is 2.69. The summed E-state index contributed by atoms with van der Waals surface area (Å²) in [5.41, 5.74) is -0.0665. The molecule has 2 unspecified atom stereocenters. The molecule has 2 rings (SSSR count). The van der Waals surface area contributed by atoms with Crippen LogP contribution in [0.1, 0.15) is 65.2 Å². The second kappa shape index (κ2) is 6.90. The molecular formula is C16H30N2O2. The number of amides is 1. The minimum atomic E-state index is -0.0665. The number of methoxy groups -OCH3 is 1. The summed E-state index contributed by atoms with van der Waals surface area (Å²) in [5.74, 6) is 0.292. The molecule has 2 fully saturated rings. The molecule has 1 heterocycles. The summed E-state index contributed by atoms with van der Waals surface area (Å²) in [6, 6.07) is 0.0282. The topological polar surface area (TPSA) is 41.6 Å². The average molecular weight is 282 g/mol.